The van der Waals surface area contributed by atoms with Gasteiger partial charge in [-0.15, -0.1) is 48.0 Å². The molecule has 2 aliphatic rings. The van der Waals surface area contributed by atoms with Crippen LogP contribution in [0.15, 0.2) is 48.5 Å². The summed E-state index contributed by atoms with van der Waals surface area (Å²) in [4.78, 5) is 53.6. The Balaban J connectivity index is -0.000000293. The first-order chi connectivity index (χ1) is 24.0. The highest BCUT2D eigenvalue weighted by Gasteiger charge is 2.40. The monoisotopic (exact) mass is 968 g/mol. The second-order valence-corrected chi connectivity index (χ2v) is 15.9. The van der Waals surface area contributed by atoms with E-state index in [-0.39, 0.29) is 59.0 Å². The minimum atomic E-state index is -0.684. The highest BCUT2D eigenvalue weighted by Crippen LogP contribution is 2.29. The minimum absolute atomic E-state index is 0. The topological polar surface area (TPSA) is 181 Å². The van der Waals surface area contributed by atoms with Crippen LogP contribution in [0.3, 0.4) is 0 Å². The number of nitrogens with one attached hydrogen (secondary N) is 2. The third kappa shape index (κ3) is 21.9. The maximum Gasteiger partial charge on any atom is 0.254 e. The molecule has 0 spiro atoms. The number of hydrogen-bond acceptors (Lipinski definition) is 9. The van der Waals surface area contributed by atoms with E-state index in [1.165, 1.54) is 10.5 Å². The number of nitrogens with two attached hydrogens (primary N) is 1. The van der Waals surface area contributed by atoms with Crippen molar-refractivity contribution in [1.29, 1.82) is 0 Å². The highest BCUT2D eigenvalue weighted by molar-refractivity contribution is 9.08. The second-order valence-electron chi connectivity index (χ2n) is 13.7. The quantitative estimate of drug-likeness (QED) is 0.0784. The summed E-state index contributed by atoms with van der Waals surface area (Å²) in [5.41, 5.74) is 3.84. The van der Waals surface area contributed by atoms with Gasteiger partial charge in [-0.3, -0.25) is 34.1 Å². The summed E-state index contributed by atoms with van der Waals surface area (Å²) in [5, 5.41) is 18.0. The molecule has 0 atom stereocenters. The van der Waals surface area contributed by atoms with Crippen LogP contribution in [0.4, 0.5) is 0 Å². The van der Waals surface area contributed by atoms with E-state index in [4.69, 9.17) is 73.3 Å². The lowest BCUT2D eigenvalue weighted by atomic mass is 9.95. The Morgan fingerprint density at radius 3 is 1.54 bits per heavy atom. The van der Waals surface area contributed by atoms with Crippen LogP contribution in [-0.4, -0.2) is 63.4 Å². The summed E-state index contributed by atoms with van der Waals surface area (Å²) < 4.78 is 0. The molecule has 0 unspecified atom stereocenters. The van der Waals surface area contributed by atoms with Crippen LogP contribution in [0.2, 0.25) is 10.0 Å². The Labute approximate surface area is 364 Å². The summed E-state index contributed by atoms with van der Waals surface area (Å²) in [6.07, 6.45) is 0. The van der Waals surface area contributed by atoms with Gasteiger partial charge >= 0.3 is 0 Å². The predicted octanol–water partition coefficient (Wildman–Crippen LogP) is 8.90. The Hall–Kier alpha value is -1.17. The van der Waals surface area contributed by atoms with Crippen molar-refractivity contribution in [1.82, 2.24) is 16.0 Å². The van der Waals surface area contributed by atoms with E-state index in [1.807, 2.05) is 76.2 Å². The fourth-order valence-electron chi connectivity index (χ4n) is 2.95. The van der Waals surface area contributed by atoms with Crippen LogP contribution in [0, 0.1) is 21.7 Å². The zero-order chi connectivity index (χ0) is 40.9. The third-order valence-electron chi connectivity index (χ3n) is 6.89. The van der Waals surface area contributed by atoms with E-state index in [2.05, 4.69) is 32.1 Å². The van der Waals surface area contributed by atoms with Crippen LogP contribution >= 0.6 is 98.7 Å². The zero-order valence-electron chi connectivity index (χ0n) is 31.3. The van der Waals surface area contributed by atoms with Crippen LogP contribution in [-0.2, 0) is 40.7 Å². The smallest absolute Gasteiger partial charge is 0.254 e. The molecule has 2 aliphatic heterocycles. The lowest BCUT2D eigenvalue weighted by Gasteiger charge is -2.16. The molecule has 0 radical (unpaired) electrons. The number of alkyl halides is 3. The minimum Gasteiger partial charge on any atom is -0.320 e. The molecule has 2 heterocycles. The van der Waals surface area contributed by atoms with Gasteiger partial charge in [-0.2, -0.15) is 0 Å². The van der Waals surface area contributed by atoms with Gasteiger partial charge in [-0.25, -0.2) is 21.9 Å². The maximum atomic E-state index is 11.9. The van der Waals surface area contributed by atoms with Gasteiger partial charge in [0.05, 0.1) is 41.4 Å². The van der Waals surface area contributed by atoms with Crippen LogP contribution < -0.4 is 16.9 Å². The number of nitrogens with zero attached hydrogens (tertiary/aromatic N) is 1. The summed E-state index contributed by atoms with van der Waals surface area (Å²) in [5.74, 6) is 3.48. The van der Waals surface area contributed by atoms with E-state index in [0.29, 0.717) is 24.8 Å². The van der Waals surface area contributed by atoms with Crippen molar-refractivity contribution in [2.45, 2.75) is 67.3 Å². The molecule has 312 valence electrons. The molecule has 2 saturated heterocycles. The number of carbonyl (C=O) groups excluding carboxylic acids is 4. The number of halogens is 8. The van der Waals surface area contributed by atoms with E-state index in [9.17, 15) is 19.2 Å². The number of benzene rings is 2. The average molecular weight is 973 g/mol. The Kier molecular flexibility index (Phi) is 32.1. The number of rotatable bonds is 7. The molecule has 6 N–H and O–H groups in total. The van der Waals surface area contributed by atoms with Gasteiger partial charge in [0, 0.05) is 27.1 Å². The van der Waals surface area contributed by atoms with Gasteiger partial charge in [0.1, 0.15) is 0 Å². The first-order valence-corrected chi connectivity index (χ1v) is 18.8. The third-order valence-corrected chi connectivity index (χ3v) is 10.1. The van der Waals surface area contributed by atoms with Crippen molar-refractivity contribution in [3.05, 3.63) is 69.7 Å². The summed E-state index contributed by atoms with van der Waals surface area (Å²) >= 11 is 31.1. The van der Waals surface area contributed by atoms with E-state index >= 15 is 0 Å². The lowest BCUT2D eigenvalue weighted by molar-refractivity contribution is -0.165. The summed E-state index contributed by atoms with van der Waals surface area (Å²) in [6.45, 7) is 15.4. The standard InChI is InChI=1S/C12H14ClNO2.C7H6BrCl.C5H8Cl2O.C5H10ClNO2.C5H9NO2.2ClH.H3NO/c1-12(2)8-16-14(11(12)15)7-9-5-3-4-6-10(9)13;8-5-6-3-1-2-4-7(6)9;1-5(2,3-6)4(7)8;1-5(2,3-6)4(8)7-9;1-5(2)3-8-6-4(5)7;;;1-2/h3-6H,7-8H2,1-2H3;1-4H,5H2;3H2,1-2H3;9H,3H2,1-2H3,(H,7,8);3H2,1-2H3,(H,6,7);2*1H;2H,1H2. The lowest BCUT2D eigenvalue weighted by Crippen LogP contribution is -2.36. The average Bonchev–Trinajstić information content (AvgIpc) is 3.56. The molecule has 20 heteroatoms. The molecule has 54 heavy (non-hydrogen) atoms. The fraction of sp³-hybridized carbons (Fsp3) is 0.529. The van der Waals surface area contributed by atoms with Crippen molar-refractivity contribution in [2.24, 2.45) is 27.6 Å². The molecule has 2 fully saturated rings. The van der Waals surface area contributed by atoms with Crippen LogP contribution in [0.5, 0.6) is 0 Å². The fourth-order valence-corrected chi connectivity index (χ4v) is 4.38. The van der Waals surface area contributed by atoms with Crippen molar-refractivity contribution < 1.29 is 39.3 Å². The van der Waals surface area contributed by atoms with Crippen molar-refractivity contribution in [2.75, 3.05) is 25.0 Å². The second kappa shape index (κ2) is 29.1. The van der Waals surface area contributed by atoms with E-state index in [0.717, 1.165) is 21.5 Å². The molecular weight excluding hydrogens is 920 g/mol. The Bertz CT molecular complexity index is 1420. The van der Waals surface area contributed by atoms with Gasteiger partial charge in [0.15, 0.2) is 0 Å². The summed E-state index contributed by atoms with van der Waals surface area (Å²) in [7, 11) is 0. The molecule has 12 nitrogen and oxygen atoms in total. The zero-order valence-corrected chi connectivity index (χ0v) is 38.3. The van der Waals surface area contributed by atoms with E-state index in [1.54, 1.807) is 27.7 Å². The largest absolute Gasteiger partial charge is 0.320 e. The van der Waals surface area contributed by atoms with Crippen molar-refractivity contribution in [3.63, 3.8) is 0 Å². The first-order valence-electron chi connectivity index (χ1n) is 15.4. The molecule has 0 aliphatic carbocycles. The van der Waals surface area contributed by atoms with Crippen LogP contribution in [0.25, 0.3) is 0 Å². The predicted molar refractivity (Wildman–Crippen MR) is 224 cm³/mol. The van der Waals surface area contributed by atoms with Crippen molar-refractivity contribution >= 4 is 122 Å². The highest BCUT2D eigenvalue weighted by atomic mass is 79.9. The molecular formula is C34H52BrCl7N4O8. The van der Waals surface area contributed by atoms with E-state index < -0.39 is 22.2 Å². The van der Waals surface area contributed by atoms with Crippen LogP contribution in [0.1, 0.15) is 66.5 Å². The molecule has 3 amide bonds. The van der Waals surface area contributed by atoms with Gasteiger partial charge in [0.25, 0.3) is 11.8 Å². The number of hydroxylamine groups is 4. The Morgan fingerprint density at radius 1 is 0.870 bits per heavy atom. The van der Waals surface area contributed by atoms with Gasteiger partial charge in [-0.05, 0) is 76.4 Å². The molecule has 0 saturated carbocycles. The maximum absolute atomic E-state index is 11.9. The molecule has 2 aromatic rings. The first kappa shape index (κ1) is 59.5. The molecule has 0 aromatic heterocycles. The van der Waals surface area contributed by atoms with Gasteiger partial charge in [0.2, 0.25) is 11.1 Å². The van der Waals surface area contributed by atoms with Crippen molar-refractivity contribution in [3.8, 4) is 0 Å². The summed E-state index contributed by atoms with van der Waals surface area (Å²) in [6, 6.07) is 15.2. The van der Waals surface area contributed by atoms with Gasteiger partial charge in [-0.1, -0.05) is 89.4 Å². The van der Waals surface area contributed by atoms with Gasteiger partial charge < -0.3 is 5.21 Å². The molecule has 2 aromatic carbocycles. The number of hydrogen-bond donors (Lipinski definition) is 5. The molecule has 0 bridgehead atoms. The SMILES string of the molecule is CC(C)(CCl)C(=O)Cl.CC(C)(CCl)C(=O)NO.CC1(C)CON(Cc2ccccc2Cl)C1=O.CC1(C)CONC1=O.Cl.Cl.Clc1ccccc1CBr.NO. The Morgan fingerprint density at radius 2 is 1.31 bits per heavy atom. The number of carbonyl (C=O) groups is 4. The number of amides is 3. The normalized spacial score (nSPS) is 14.7. The molecule has 4 rings (SSSR count).